The van der Waals surface area contributed by atoms with E-state index in [2.05, 4.69) is 62.3 Å². The maximum Gasteiger partial charge on any atom is 0.0939 e. The van der Waals surface area contributed by atoms with Gasteiger partial charge < -0.3 is 13.7 Å². The lowest BCUT2D eigenvalue weighted by Gasteiger charge is -2.14. The average Bonchev–Trinajstić information content (AvgIpc) is 3.20. The Hall–Kier alpha value is -1.48. The van der Waals surface area contributed by atoms with Gasteiger partial charge in [-0.25, -0.2) is 0 Å². The zero-order valence-corrected chi connectivity index (χ0v) is 20.0. The third kappa shape index (κ3) is 19.3. The van der Waals surface area contributed by atoms with Crippen LogP contribution in [0.15, 0.2) is 46.0 Å². The summed E-state index contributed by atoms with van der Waals surface area (Å²) >= 11 is 0. The molecule has 0 saturated carbocycles. The van der Waals surface area contributed by atoms with E-state index in [-0.39, 0.29) is 18.3 Å². The quantitative estimate of drug-likeness (QED) is 0.489. The summed E-state index contributed by atoms with van der Waals surface area (Å²) in [6.45, 7) is 19.6. The minimum Gasteiger partial charge on any atom is -0.472 e. The molecule has 2 heterocycles. The SMILES string of the molecule is C.CC(C)(C)c1ccoc1.CC(C)(C)c1ccoc1.CCC(C)C.CN(C)C. The second-order valence-electron chi connectivity index (χ2n) is 9.67. The summed E-state index contributed by atoms with van der Waals surface area (Å²) in [7, 11) is 6.00. The van der Waals surface area contributed by atoms with Crippen molar-refractivity contribution in [1.82, 2.24) is 4.90 Å². The number of rotatable bonds is 1. The van der Waals surface area contributed by atoms with Crippen molar-refractivity contribution in [2.24, 2.45) is 5.92 Å². The van der Waals surface area contributed by atoms with Gasteiger partial charge in [-0.15, -0.1) is 0 Å². The Kier molecular flexibility index (Phi) is 17.2. The highest BCUT2D eigenvalue weighted by Crippen LogP contribution is 2.22. The Morgan fingerprint density at radius 1 is 0.786 bits per heavy atom. The predicted molar refractivity (Wildman–Crippen MR) is 126 cm³/mol. The van der Waals surface area contributed by atoms with Gasteiger partial charge in [0.2, 0.25) is 0 Å². The molecule has 0 unspecified atom stereocenters. The van der Waals surface area contributed by atoms with E-state index in [1.807, 2.05) is 38.2 Å². The zero-order valence-electron chi connectivity index (χ0n) is 20.0. The second kappa shape index (κ2) is 15.4. The molecule has 0 atom stereocenters. The van der Waals surface area contributed by atoms with Gasteiger partial charge in [0, 0.05) is 0 Å². The number of furan rings is 2. The molecule has 0 amide bonds. The topological polar surface area (TPSA) is 29.5 Å². The molecular weight excluding hydrogens is 346 g/mol. The molecule has 0 radical (unpaired) electrons. The van der Waals surface area contributed by atoms with E-state index in [1.54, 1.807) is 25.1 Å². The lowest BCUT2D eigenvalue weighted by Crippen LogP contribution is -2.08. The molecule has 28 heavy (non-hydrogen) atoms. The van der Waals surface area contributed by atoms with Crippen LogP contribution in [-0.2, 0) is 10.8 Å². The van der Waals surface area contributed by atoms with E-state index < -0.39 is 0 Å². The van der Waals surface area contributed by atoms with Crippen LogP contribution in [-0.4, -0.2) is 26.0 Å². The van der Waals surface area contributed by atoms with E-state index >= 15 is 0 Å². The Morgan fingerprint density at radius 3 is 1.11 bits per heavy atom. The van der Waals surface area contributed by atoms with Crippen LogP contribution in [0.1, 0.15) is 87.3 Å². The van der Waals surface area contributed by atoms with E-state index in [0.717, 1.165) is 5.92 Å². The first-order chi connectivity index (χ1) is 12.2. The van der Waals surface area contributed by atoms with Crippen LogP contribution in [0.2, 0.25) is 0 Å². The number of nitrogens with zero attached hydrogens (tertiary/aromatic N) is 1. The van der Waals surface area contributed by atoms with Gasteiger partial charge >= 0.3 is 0 Å². The van der Waals surface area contributed by atoms with Crippen LogP contribution >= 0.6 is 0 Å². The molecule has 0 aliphatic heterocycles. The van der Waals surface area contributed by atoms with Crippen LogP contribution in [0.5, 0.6) is 0 Å². The zero-order chi connectivity index (χ0) is 21.7. The van der Waals surface area contributed by atoms with Crippen molar-refractivity contribution >= 4 is 0 Å². The molecule has 166 valence electrons. The van der Waals surface area contributed by atoms with Crippen molar-refractivity contribution in [3.05, 3.63) is 48.3 Å². The fourth-order valence-corrected chi connectivity index (χ4v) is 1.38. The molecule has 0 bridgehead atoms. The van der Waals surface area contributed by atoms with Gasteiger partial charge in [-0.05, 0) is 61.2 Å². The molecule has 0 saturated heterocycles. The molecule has 2 aromatic rings. The molecule has 0 aliphatic rings. The summed E-state index contributed by atoms with van der Waals surface area (Å²) in [5, 5.41) is 0. The largest absolute Gasteiger partial charge is 0.472 e. The van der Waals surface area contributed by atoms with Gasteiger partial charge in [-0.3, -0.25) is 0 Å². The average molecular weight is 396 g/mol. The predicted octanol–water partition coefficient (Wildman–Crippen LogP) is 8.02. The molecule has 0 fully saturated rings. The Bertz CT molecular complexity index is 477. The summed E-state index contributed by atoms with van der Waals surface area (Å²) in [5.41, 5.74) is 2.96. The molecule has 0 N–H and O–H groups in total. The Morgan fingerprint density at radius 2 is 1.04 bits per heavy atom. The van der Waals surface area contributed by atoms with Crippen molar-refractivity contribution in [3.8, 4) is 0 Å². The summed E-state index contributed by atoms with van der Waals surface area (Å²) in [4.78, 5) is 2.00. The molecular formula is C25H49NO2. The molecule has 0 aliphatic carbocycles. The normalized spacial score (nSPS) is 10.6. The number of hydrogen-bond donors (Lipinski definition) is 0. The highest BCUT2D eigenvalue weighted by atomic mass is 16.3. The molecule has 3 heteroatoms. The lowest BCUT2D eigenvalue weighted by atomic mass is 9.89. The van der Waals surface area contributed by atoms with Gasteiger partial charge in [-0.1, -0.05) is 76.2 Å². The standard InChI is InChI=1S/2C8H12O.C5H12.C3H9N.CH4/c2*1-8(2,3)7-4-5-9-6-7;1-4-5(2)3;1-4(2)3;/h2*4-6H,1-3H3;5H,4H2,1-3H3;1-3H3;1H4. The molecule has 0 aromatic carbocycles. The Balaban J connectivity index is -0.000000312. The van der Waals surface area contributed by atoms with Crippen molar-refractivity contribution in [2.45, 2.75) is 87.0 Å². The first kappa shape index (κ1) is 31.2. The molecule has 3 nitrogen and oxygen atoms in total. The fraction of sp³-hybridized carbons (Fsp3) is 0.680. The van der Waals surface area contributed by atoms with Crippen molar-refractivity contribution in [1.29, 1.82) is 0 Å². The second-order valence-corrected chi connectivity index (χ2v) is 9.67. The minimum atomic E-state index is 0. The van der Waals surface area contributed by atoms with Crippen LogP contribution in [0, 0.1) is 5.92 Å². The van der Waals surface area contributed by atoms with Crippen LogP contribution in [0.4, 0.5) is 0 Å². The van der Waals surface area contributed by atoms with Crippen LogP contribution < -0.4 is 0 Å². The maximum atomic E-state index is 4.94. The van der Waals surface area contributed by atoms with Gasteiger partial charge in [0.15, 0.2) is 0 Å². The third-order valence-corrected chi connectivity index (χ3v) is 3.59. The van der Waals surface area contributed by atoms with Gasteiger partial charge in [-0.2, -0.15) is 0 Å². The van der Waals surface area contributed by atoms with Crippen molar-refractivity contribution in [2.75, 3.05) is 21.1 Å². The highest BCUT2D eigenvalue weighted by Gasteiger charge is 2.14. The third-order valence-electron chi connectivity index (χ3n) is 3.59. The van der Waals surface area contributed by atoms with E-state index in [0.29, 0.717) is 0 Å². The maximum absolute atomic E-state index is 4.94. The van der Waals surface area contributed by atoms with Gasteiger partial charge in [0.1, 0.15) is 0 Å². The lowest BCUT2D eigenvalue weighted by molar-refractivity contribution is 0.505. The smallest absolute Gasteiger partial charge is 0.0939 e. The van der Waals surface area contributed by atoms with Crippen LogP contribution in [0.25, 0.3) is 0 Å². The van der Waals surface area contributed by atoms with Gasteiger partial charge in [0.05, 0.1) is 25.1 Å². The number of hydrogen-bond acceptors (Lipinski definition) is 3. The van der Waals surface area contributed by atoms with E-state index in [1.165, 1.54) is 17.5 Å². The summed E-state index contributed by atoms with van der Waals surface area (Å²) in [6, 6.07) is 4.00. The fourth-order valence-electron chi connectivity index (χ4n) is 1.38. The summed E-state index contributed by atoms with van der Waals surface area (Å²) in [5.74, 6) is 0.884. The van der Waals surface area contributed by atoms with Crippen molar-refractivity contribution in [3.63, 3.8) is 0 Å². The summed E-state index contributed by atoms with van der Waals surface area (Å²) < 4.78 is 9.88. The van der Waals surface area contributed by atoms with E-state index in [4.69, 9.17) is 8.83 Å². The van der Waals surface area contributed by atoms with Crippen molar-refractivity contribution < 1.29 is 8.83 Å². The monoisotopic (exact) mass is 395 g/mol. The Labute approximate surface area is 176 Å². The van der Waals surface area contributed by atoms with Gasteiger partial charge in [0.25, 0.3) is 0 Å². The highest BCUT2D eigenvalue weighted by molar-refractivity contribution is 5.16. The minimum absolute atomic E-state index is 0. The first-order valence-electron chi connectivity index (χ1n) is 9.88. The first-order valence-corrected chi connectivity index (χ1v) is 9.88. The molecule has 0 spiro atoms. The van der Waals surface area contributed by atoms with Crippen LogP contribution in [0.3, 0.4) is 0 Å². The van der Waals surface area contributed by atoms with E-state index in [9.17, 15) is 0 Å². The molecule has 2 rings (SSSR count). The summed E-state index contributed by atoms with van der Waals surface area (Å²) in [6.07, 6.45) is 8.31. The molecule has 2 aromatic heterocycles.